The summed E-state index contributed by atoms with van der Waals surface area (Å²) in [7, 11) is 4.37. The van der Waals surface area contributed by atoms with Crippen LogP contribution in [-0.4, -0.2) is 55.6 Å². The first kappa shape index (κ1) is 16.5. The van der Waals surface area contributed by atoms with E-state index in [0.29, 0.717) is 18.0 Å². The maximum Gasteiger partial charge on any atom is 0.0237 e. The lowest BCUT2D eigenvalue weighted by Crippen LogP contribution is -2.45. The molecule has 1 aliphatic rings. The summed E-state index contributed by atoms with van der Waals surface area (Å²) < 4.78 is 0. The Morgan fingerprint density at radius 1 is 1.24 bits per heavy atom. The molecule has 1 N–H and O–H groups in total. The molecule has 0 amide bonds. The van der Waals surface area contributed by atoms with Crippen LogP contribution >= 0.6 is 0 Å². The van der Waals surface area contributed by atoms with Gasteiger partial charge in [0.05, 0.1) is 0 Å². The normalized spacial score (nSPS) is 21.3. The third-order valence-electron chi connectivity index (χ3n) is 4.57. The molecule has 1 aromatic rings. The predicted octanol–water partition coefficient (Wildman–Crippen LogP) is 2.44. The standard InChI is InChI=1S/C18H31N3/c1-15(2)18(20(3)4)12-19-17-10-11-21(14-17)13-16-8-6-5-7-9-16/h5-9,15,17-19H,10-14H2,1-4H3. The van der Waals surface area contributed by atoms with Crippen molar-refractivity contribution >= 4 is 0 Å². The Balaban J connectivity index is 1.75. The van der Waals surface area contributed by atoms with Crippen LogP contribution in [0.25, 0.3) is 0 Å². The summed E-state index contributed by atoms with van der Waals surface area (Å²) in [5.74, 6) is 0.689. The van der Waals surface area contributed by atoms with Gasteiger partial charge in [0, 0.05) is 38.3 Å². The van der Waals surface area contributed by atoms with Crippen LogP contribution in [0.5, 0.6) is 0 Å². The number of rotatable bonds is 7. The van der Waals surface area contributed by atoms with Gasteiger partial charge in [0.2, 0.25) is 0 Å². The monoisotopic (exact) mass is 289 g/mol. The van der Waals surface area contributed by atoms with Gasteiger partial charge in [-0.3, -0.25) is 4.90 Å². The second-order valence-corrected chi connectivity index (χ2v) is 6.89. The van der Waals surface area contributed by atoms with Crippen molar-refractivity contribution in [2.75, 3.05) is 33.7 Å². The van der Waals surface area contributed by atoms with E-state index in [4.69, 9.17) is 0 Å². The minimum absolute atomic E-state index is 0.619. The summed E-state index contributed by atoms with van der Waals surface area (Å²) in [5.41, 5.74) is 1.42. The number of nitrogens with one attached hydrogen (secondary N) is 1. The van der Waals surface area contributed by atoms with Gasteiger partial charge >= 0.3 is 0 Å². The zero-order valence-electron chi connectivity index (χ0n) is 14.0. The Kier molecular flexibility index (Phi) is 6.22. The number of hydrogen-bond donors (Lipinski definition) is 1. The largest absolute Gasteiger partial charge is 0.311 e. The SMILES string of the molecule is CC(C)C(CNC1CCN(Cc2ccccc2)C1)N(C)C. The molecule has 21 heavy (non-hydrogen) atoms. The van der Waals surface area contributed by atoms with E-state index in [0.717, 1.165) is 13.1 Å². The molecule has 1 heterocycles. The second kappa shape index (κ2) is 7.92. The molecule has 0 bridgehead atoms. The first-order valence-corrected chi connectivity index (χ1v) is 8.22. The smallest absolute Gasteiger partial charge is 0.0237 e. The number of hydrogen-bond acceptors (Lipinski definition) is 3. The van der Waals surface area contributed by atoms with E-state index in [1.54, 1.807) is 0 Å². The molecule has 0 radical (unpaired) electrons. The minimum atomic E-state index is 0.619. The van der Waals surface area contributed by atoms with Crippen LogP contribution in [0.4, 0.5) is 0 Å². The van der Waals surface area contributed by atoms with Crippen molar-refractivity contribution in [3.8, 4) is 0 Å². The van der Waals surface area contributed by atoms with Gasteiger partial charge in [0.25, 0.3) is 0 Å². The van der Waals surface area contributed by atoms with Crippen LogP contribution in [0.1, 0.15) is 25.8 Å². The molecule has 1 aliphatic heterocycles. The van der Waals surface area contributed by atoms with Crippen LogP contribution in [0.3, 0.4) is 0 Å². The third-order valence-corrected chi connectivity index (χ3v) is 4.57. The van der Waals surface area contributed by atoms with Gasteiger partial charge < -0.3 is 10.2 Å². The molecule has 2 unspecified atom stereocenters. The van der Waals surface area contributed by atoms with Gasteiger partial charge in [-0.1, -0.05) is 44.2 Å². The van der Waals surface area contributed by atoms with Crippen molar-refractivity contribution < 1.29 is 0 Å². The highest BCUT2D eigenvalue weighted by molar-refractivity contribution is 5.14. The maximum atomic E-state index is 3.78. The first-order chi connectivity index (χ1) is 10.1. The Bertz CT molecular complexity index is 394. The fourth-order valence-electron chi connectivity index (χ4n) is 3.29. The molecule has 3 nitrogen and oxygen atoms in total. The van der Waals surface area contributed by atoms with Crippen molar-refractivity contribution in [1.82, 2.24) is 15.1 Å². The Morgan fingerprint density at radius 2 is 1.95 bits per heavy atom. The second-order valence-electron chi connectivity index (χ2n) is 6.89. The topological polar surface area (TPSA) is 18.5 Å². The highest BCUT2D eigenvalue weighted by Crippen LogP contribution is 2.14. The van der Waals surface area contributed by atoms with Crippen molar-refractivity contribution in [2.45, 2.75) is 38.9 Å². The van der Waals surface area contributed by atoms with Crippen LogP contribution in [0.2, 0.25) is 0 Å². The Morgan fingerprint density at radius 3 is 2.57 bits per heavy atom. The zero-order valence-corrected chi connectivity index (χ0v) is 14.0. The average molecular weight is 289 g/mol. The fraction of sp³-hybridized carbons (Fsp3) is 0.667. The molecule has 2 atom stereocenters. The Hall–Kier alpha value is -0.900. The summed E-state index contributed by atoms with van der Waals surface area (Å²) in [4.78, 5) is 4.90. The van der Waals surface area contributed by atoms with Gasteiger partial charge in [-0.05, 0) is 32.0 Å². The van der Waals surface area contributed by atoms with E-state index in [2.05, 4.69) is 73.4 Å². The molecule has 0 aliphatic carbocycles. The highest BCUT2D eigenvalue weighted by atomic mass is 15.2. The lowest BCUT2D eigenvalue weighted by Gasteiger charge is -2.29. The molecule has 1 saturated heterocycles. The van der Waals surface area contributed by atoms with Crippen LogP contribution in [0.15, 0.2) is 30.3 Å². The first-order valence-electron chi connectivity index (χ1n) is 8.22. The van der Waals surface area contributed by atoms with Crippen molar-refractivity contribution in [3.63, 3.8) is 0 Å². The van der Waals surface area contributed by atoms with Crippen LogP contribution < -0.4 is 5.32 Å². The van der Waals surface area contributed by atoms with E-state index >= 15 is 0 Å². The molecular formula is C18H31N3. The van der Waals surface area contributed by atoms with E-state index < -0.39 is 0 Å². The molecular weight excluding hydrogens is 258 g/mol. The summed E-state index contributed by atoms with van der Waals surface area (Å²) in [6.45, 7) is 9.17. The molecule has 1 fully saturated rings. The van der Waals surface area contributed by atoms with Crippen molar-refractivity contribution in [1.29, 1.82) is 0 Å². The van der Waals surface area contributed by atoms with Gasteiger partial charge in [-0.25, -0.2) is 0 Å². The number of likely N-dealkylation sites (N-methyl/N-ethyl adjacent to an activating group) is 1. The zero-order chi connectivity index (χ0) is 15.2. The summed E-state index contributed by atoms with van der Waals surface area (Å²) >= 11 is 0. The van der Waals surface area contributed by atoms with E-state index in [1.807, 2.05) is 0 Å². The number of likely N-dealkylation sites (tertiary alicyclic amines) is 1. The van der Waals surface area contributed by atoms with E-state index in [9.17, 15) is 0 Å². The summed E-state index contributed by atoms with van der Waals surface area (Å²) in [5, 5.41) is 3.78. The molecule has 118 valence electrons. The highest BCUT2D eigenvalue weighted by Gasteiger charge is 2.24. The van der Waals surface area contributed by atoms with Gasteiger partial charge in [0.15, 0.2) is 0 Å². The average Bonchev–Trinajstić information content (AvgIpc) is 2.87. The van der Waals surface area contributed by atoms with Gasteiger partial charge in [-0.2, -0.15) is 0 Å². The van der Waals surface area contributed by atoms with Gasteiger partial charge in [0.1, 0.15) is 0 Å². The molecule has 2 rings (SSSR count). The fourth-order valence-corrected chi connectivity index (χ4v) is 3.29. The van der Waals surface area contributed by atoms with Crippen molar-refractivity contribution in [3.05, 3.63) is 35.9 Å². The summed E-state index contributed by atoms with van der Waals surface area (Å²) in [6, 6.07) is 12.1. The molecule has 0 spiro atoms. The molecule has 1 aromatic carbocycles. The lowest BCUT2D eigenvalue weighted by atomic mass is 10.0. The van der Waals surface area contributed by atoms with E-state index in [-0.39, 0.29) is 0 Å². The molecule has 0 aromatic heterocycles. The van der Waals surface area contributed by atoms with E-state index in [1.165, 1.54) is 25.1 Å². The third kappa shape index (κ3) is 5.10. The van der Waals surface area contributed by atoms with Crippen molar-refractivity contribution in [2.24, 2.45) is 5.92 Å². The maximum absolute atomic E-state index is 3.78. The number of nitrogens with zero attached hydrogens (tertiary/aromatic N) is 2. The quantitative estimate of drug-likeness (QED) is 0.832. The van der Waals surface area contributed by atoms with Gasteiger partial charge in [-0.15, -0.1) is 0 Å². The molecule has 0 saturated carbocycles. The Labute approximate surface area is 130 Å². The van der Waals surface area contributed by atoms with Crippen LogP contribution in [-0.2, 0) is 6.54 Å². The lowest BCUT2D eigenvalue weighted by molar-refractivity contribution is 0.217. The predicted molar refractivity (Wildman–Crippen MR) is 90.4 cm³/mol. The van der Waals surface area contributed by atoms with Crippen LogP contribution in [0, 0.1) is 5.92 Å². The minimum Gasteiger partial charge on any atom is -0.311 e. The molecule has 3 heteroatoms. The summed E-state index contributed by atoms with van der Waals surface area (Å²) in [6.07, 6.45) is 1.27. The number of benzene rings is 1.